The highest BCUT2D eigenvalue weighted by Crippen LogP contribution is 2.20. The molecule has 0 radical (unpaired) electrons. The molecule has 0 aromatic rings. The van der Waals surface area contributed by atoms with Crippen LogP contribution in [0.2, 0.25) is 0 Å². The van der Waals surface area contributed by atoms with Crippen molar-refractivity contribution < 1.29 is 19.5 Å². The zero-order valence-corrected chi connectivity index (χ0v) is 12.2. The van der Waals surface area contributed by atoms with Gasteiger partial charge in [0.1, 0.15) is 0 Å². The van der Waals surface area contributed by atoms with Crippen LogP contribution < -0.4 is 0 Å². The van der Waals surface area contributed by atoms with Gasteiger partial charge in [0.2, 0.25) is 6.41 Å². The van der Waals surface area contributed by atoms with Crippen LogP contribution >= 0.6 is 0 Å². The lowest BCUT2D eigenvalue weighted by molar-refractivity contribution is -0.155. The van der Waals surface area contributed by atoms with E-state index in [0.29, 0.717) is 39.1 Å². The Hall–Kier alpha value is -1.63. The van der Waals surface area contributed by atoms with Crippen LogP contribution in [0.15, 0.2) is 0 Å². The van der Waals surface area contributed by atoms with E-state index >= 15 is 0 Å². The zero-order chi connectivity index (χ0) is 15.2. The van der Waals surface area contributed by atoms with Gasteiger partial charge in [-0.2, -0.15) is 0 Å². The highest BCUT2D eigenvalue weighted by Gasteiger charge is 2.33. The minimum absolute atomic E-state index is 0.0284. The molecule has 3 amide bonds. The number of piperazine rings is 1. The van der Waals surface area contributed by atoms with Crippen LogP contribution in [0.3, 0.4) is 0 Å². The second kappa shape index (κ2) is 7.40. The lowest BCUT2D eigenvalue weighted by Crippen LogP contribution is -2.55. The molecule has 0 aromatic heterocycles. The molecule has 2 fully saturated rings. The highest BCUT2D eigenvalue weighted by atomic mass is 16.3. The Morgan fingerprint density at radius 2 is 1.76 bits per heavy atom. The number of carbonyl (C=O) groups is 3. The number of piperidine rings is 1. The largest absolute Gasteiger partial charge is 0.396 e. The minimum atomic E-state index is -0.481. The van der Waals surface area contributed by atoms with Crippen molar-refractivity contribution in [3.8, 4) is 0 Å². The number of rotatable bonds is 3. The first-order chi connectivity index (χ1) is 10.2. The molecule has 2 saturated heterocycles. The second-order valence-electron chi connectivity index (χ2n) is 5.59. The predicted molar refractivity (Wildman–Crippen MR) is 75.3 cm³/mol. The third-order valence-electron chi connectivity index (χ3n) is 4.28. The molecule has 2 aliphatic heterocycles. The number of hydrogen-bond donors (Lipinski definition) is 1. The van der Waals surface area contributed by atoms with E-state index in [-0.39, 0.29) is 12.6 Å². The monoisotopic (exact) mass is 297 g/mol. The predicted octanol–water partition coefficient (Wildman–Crippen LogP) is -0.949. The molecule has 2 rings (SSSR count). The molecule has 0 bridgehead atoms. The molecular formula is C14H23N3O4. The van der Waals surface area contributed by atoms with Crippen molar-refractivity contribution in [1.29, 1.82) is 0 Å². The maximum absolute atomic E-state index is 12.4. The quantitative estimate of drug-likeness (QED) is 0.538. The first-order valence-electron chi connectivity index (χ1n) is 7.57. The molecular weight excluding hydrogens is 274 g/mol. The number of nitrogens with zero attached hydrogens (tertiary/aromatic N) is 3. The molecule has 0 aliphatic carbocycles. The fourth-order valence-electron chi connectivity index (χ4n) is 3.01. The number of likely N-dealkylation sites (tertiary alicyclic amines) is 1. The van der Waals surface area contributed by atoms with Crippen LogP contribution in [-0.2, 0) is 14.4 Å². The van der Waals surface area contributed by atoms with Crippen molar-refractivity contribution in [2.24, 2.45) is 0 Å². The van der Waals surface area contributed by atoms with Crippen LogP contribution in [0.4, 0.5) is 0 Å². The van der Waals surface area contributed by atoms with Crippen molar-refractivity contribution in [2.75, 3.05) is 39.3 Å². The van der Waals surface area contributed by atoms with Gasteiger partial charge in [-0.25, -0.2) is 0 Å². The molecule has 1 unspecified atom stereocenters. The maximum atomic E-state index is 12.4. The van der Waals surface area contributed by atoms with E-state index in [1.165, 1.54) is 4.90 Å². The van der Waals surface area contributed by atoms with E-state index in [9.17, 15) is 14.4 Å². The lowest BCUT2D eigenvalue weighted by atomic mass is 9.99. The van der Waals surface area contributed by atoms with Gasteiger partial charge in [-0.05, 0) is 25.7 Å². The fourth-order valence-corrected chi connectivity index (χ4v) is 3.01. The molecule has 1 atom stereocenters. The summed E-state index contributed by atoms with van der Waals surface area (Å²) < 4.78 is 0. The summed E-state index contributed by atoms with van der Waals surface area (Å²) in [6.45, 7) is 2.37. The van der Waals surface area contributed by atoms with Gasteiger partial charge in [0.05, 0.1) is 0 Å². The summed E-state index contributed by atoms with van der Waals surface area (Å²) in [7, 11) is 0. The number of aliphatic hydroxyl groups excluding tert-OH is 1. The average Bonchev–Trinajstić information content (AvgIpc) is 2.54. The first-order valence-corrected chi connectivity index (χ1v) is 7.57. The van der Waals surface area contributed by atoms with Crippen molar-refractivity contribution in [3.05, 3.63) is 0 Å². The number of aliphatic hydroxyl groups is 1. The summed E-state index contributed by atoms with van der Waals surface area (Å²) >= 11 is 0. The Morgan fingerprint density at radius 3 is 2.38 bits per heavy atom. The molecule has 0 spiro atoms. The smallest absolute Gasteiger partial charge is 0.312 e. The summed E-state index contributed by atoms with van der Waals surface area (Å²) in [6.07, 6.45) is 4.07. The van der Waals surface area contributed by atoms with Crippen LogP contribution in [0.1, 0.15) is 25.7 Å². The molecule has 1 N–H and O–H groups in total. The third kappa shape index (κ3) is 3.72. The minimum Gasteiger partial charge on any atom is -0.396 e. The Balaban J connectivity index is 1.94. The topological polar surface area (TPSA) is 81.2 Å². The van der Waals surface area contributed by atoms with E-state index < -0.39 is 11.8 Å². The molecule has 0 saturated carbocycles. The second-order valence-corrected chi connectivity index (χ2v) is 5.59. The Bertz CT molecular complexity index is 392. The Labute approximate surface area is 124 Å². The molecule has 2 heterocycles. The standard InChI is InChI=1S/C14H23N3O4/c18-10-4-12-3-1-2-5-17(12)14(21)13(20)16-8-6-15(11-19)7-9-16/h11-12,18H,1-10H2. The van der Waals surface area contributed by atoms with Crippen LogP contribution in [0.25, 0.3) is 0 Å². The van der Waals surface area contributed by atoms with Crippen molar-refractivity contribution >= 4 is 18.2 Å². The summed E-state index contributed by atoms with van der Waals surface area (Å²) in [5.74, 6) is -0.946. The summed E-state index contributed by atoms with van der Waals surface area (Å²) in [6, 6.07) is -0.0311. The van der Waals surface area contributed by atoms with Crippen molar-refractivity contribution in [3.63, 3.8) is 0 Å². The Morgan fingerprint density at radius 1 is 1.05 bits per heavy atom. The molecule has 0 aromatic carbocycles. The van der Waals surface area contributed by atoms with E-state index in [1.807, 2.05) is 0 Å². The summed E-state index contributed by atoms with van der Waals surface area (Å²) in [5.41, 5.74) is 0. The average molecular weight is 297 g/mol. The van der Waals surface area contributed by atoms with E-state index in [4.69, 9.17) is 5.11 Å². The number of amides is 3. The normalized spacial score (nSPS) is 23.1. The van der Waals surface area contributed by atoms with Crippen molar-refractivity contribution in [1.82, 2.24) is 14.7 Å². The molecule has 7 heteroatoms. The van der Waals surface area contributed by atoms with Gasteiger partial charge in [-0.15, -0.1) is 0 Å². The molecule has 118 valence electrons. The van der Waals surface area contributed by atoms with E-state index in [2.05, 4.69) is 0 Å². The molecule has 21 heavy (non-hydrogen) atoms. The lowest BCUT2D eigenvalue weighted by Gasteiger charge is -2.37. The number of carbonyl (C=O) groups excluding carboxylic acids is 3. The van der Waals surface area contributed by atoms with Gasteiger partial charge in [0.15, 0.2) is 0 Å². The number of hydrogen-bond acceptors (Lipinski definition) is 4. The van der Waals surface area contributed by atoms with Gasteiger partial charge < -0.3 is 19.8 Å². The van der Waals surface area contributed by atoms with Gasteiger partial charge >= 0.3 is 11.8 Å². The Kier molecular flexibility index (Phi) is 5.55. The van der Waals surface area contributed by atoms with Crippen molar-refractivity contribution in [2.45, 2.75) is 31.7 Å². The van der Waals surface area contributed by atoms with Crippen LogP contribution in [0.5, 0.6) is 0 Å². The summed E-state index contributed by atoms with van der Waals surface area (Å²) in [5, 5.41) is 9.09. The van der Waals surface area contributed by atoms with Crippen LogP contribution in [-0.4, -0.2) is 83.4 Å². The highest BCUT2D eigenvalue weighted by molar-refractivity contribution is 6.35. The van der Waals surface area contributed by atoms with E-state index in [0.717, 1.165) is 25.7 Å². The first kappa shape index (κ1) is 15.8. The van der Waals surface area contributed by atoms with Gasteiger partial charge in [-0.1, -0.05) is 0 Å². The van der Waals surface area contributed by atoms with E-state index in [1.54, 1.807) is 9.80 Å². The van der Waals surface area contributed by atoms with Gasteiger partial charge in [0.25, 0.3) is 0 Å². The molecule has 7 nitrogen and oxygen atoms in total. The van der Waals surface area contributed by atoms with Crippen LogP contribution in [0, 0.1) is 0 Å². The third-order valence-corrected chi connectivity index (χ3v) is 4.28. The maximum Gasteiger partial charge on any atom is 0.312 e. The zero-order valence-electron chi connectivity index (χ0n) is 12.2. The fraction of sp³-hybridized carbons (Fsp3) is 0.786. The SMILES string of the molecule is O=CN1CCN(C(=O)C(=O)N2CCCCC2CCO)CC1. The summed E-state index contributed by atoms with van der Waals surface area (Å²) in [4.78, 5) is 40.1. The van der Waals surface area contributed by atoms with Gasteiger partial charge in [-0.3, -0.25) is 14.4 Å². The van der Waals surface area contributed by atoms with Gasteiger partial charge in [0, 0.05) is 45.4 Å². The molecule has 2 aliphatic rings.